The molecule has 1 N–H and O–H groups in total. The van der Waals surface area contributed by atoms with Crippen LogP contribution in [0.1, 0.15) is 12.8 Å². The highest BCUT2D eigenvalue weighted by molar-refractivity contribution is 5.74. The minimum Gasteiger partial charge on any atom is -0.480 e. The molecule has 54 valence electrons. The third-order valence-corrected chi connectivity index (χ3v) is 1.67. The average Bonchev–Trinajstić information content (AvgIpc) is 2.33. The Bertz CT molecular complexity index is 185. The van der Waals surface area contributed by atoms with Gasteiger partial charge in [0.1, 0.15) is 6.04 Å². The van der Waals surface area contributed by atoms with Crippen molar-refractivity contribution in [2.45, 2.75) is 18.9 Å². The molecule has 0 aromatic heterocycles. The summed E-state index contributed by atoms with van der Waals surface area (Å²) in [6, 6.07) is -0.565. The molecule has 0 aromatic carbocycles. The molecular weight excluding hydrogens is 132 g/mol. The molecule has 4 heteroatoms. The molecule has 0 amide bonds. The number of carbonyl (C=O) groups is 1. The van der Waals surface area contributed by atoms with Gasteiger partial charge in [-0.3, -0.25) is 4.90 Å². The Morgan fingerprint density at radius 1 is 1.80 bits per heavy atom. The fourth-order valence-electron chi connectivity index (χ4n) is 1.14. The first-order valence-corrected chi connectivity index (χ1v) is 3.15. The molecule has 1 fully saturated rings. The summed E-state index contributed by atoms with van der Waals surface area (Å²) in [6.45, 7) is 0.591. The van der Waals surface area contributed by atoms with E-state index in [1.165, 1.54) is 4.90 Å². The second-order valence-electron chi connectivity index (χ2n) is 2.29. The lowest BCUT2D eigenvalue weighted by molar-refractivity contribution is -0.141. The van der Waals surface area contributed by atoms with E-state index in [4.69, 9.17) is 10.4 Å². The van der Waals surface area contributed by atoms with Gasteiger partial charge in [0.15, 0.2) is 6.19 Å². The molecule has 1 aliphatic rings. The van der Waals surface area contributed by atoms with Crippen LogP contribution in [-0.2, 0) is 4.79 Å². The van der Waals surface area contributed by atoms with Crippen molar-refractivity contribution in [3.05, 3.63) is 0 Å². The van der Waals surface area contributed by atoms with Gasteiger partial charge < -0.3 is 5.11 Å². The monoisotopic (exact) mass is 140 g/mol. The van der Waals surface area contributed by atoms with Crippen LogP contribution >= 0.6 is 0 Å². The molecule has 4 nitrogen and oxygen atoms in total. The van der Waals surface area contributed by atoms with E-state index in [-0.39, 0.29) is 0 Å². The van der Waals surface area contributed by atoms with Gasteiger partial charge in [0.2, 0.25) is 0 Å². The van der Waals surface area contributed by atoms with Gasteiger partial charge in [0.25, 0.3) is 0 Å². The number of likely N-dealkylation sites (tertiary alicyclic amines) is 1. The Morgan fingerprint density at radius 3 is 2.90 bits per heavy atom. The number of nitriles is 1. The van der Waals surface area contributed by atoms with Crippen LogP contribution in [0.25, 0.3) is 0 Å². The predicted molar refractivity (Wildman–Crippen MR) is 33.0 cm³/mol. The topological polar surface area (TPSA) is 64.3 Å². The number of hydrogen-bond donors (Lipinski definition) is 1. The first-order chi connectivity index (χ1) is 4.75. The standard InChI is InChI=1S/C6H8N2O2/c7-4-8-3-1-2-5(8)6(9)10/h5H,1-3H2,(H,9,10). The molecule has 10 heavy (non-hydrogen) atoms. The third kappa shape index (κ3) is 1.03. The van der Waals surface area contributed by atoms with Gasteiger partial charge in [-0.05, 0) is 12.8 Å². The van der Waals surface area contributed by atoms with Crippen molar-refractivity contribution in [2.75, 3.05) is 6.54 Å². The summed E-state index contributed by atoms with van der Waals surface area (Å²) in [5.74, 6) is -0.890. The summed E-state index contributed by atoms with van der Waals surface area (Å²) >= 11 is 0. The summed E-state index contributed by atoms with van der Waals surface area (Å²) in [7, 11) is 0. The highest BCUT2D eigenvalue weighted by atomic mass is 16.4. The summed E-state index contributed by atoms with van der Waals surface area (Å²) in [5.41, 5.74) is 0. The fourth-order valence-corrected chi connectivity index (χ4v) is 1.14. The highest BCUT2D eigenvalue weighted by Gasteiger charge is 2.29. The number of hydrogen-bond acceptors (Lipinski definition) is 3. The zero-order valence-corrected chi connectivity index (χ0v) is 5.45. The Balaban J connectivity index is 2.61. The van der Waals surface area contributed by atoms with Crippen molar-refractivity contribution < 1.29 is 9.90 Å². The quantitative estimate of drug-likeness (QED) is 0.521. The Kier molecular flexibility index (Phi) is 1.76. The van der Waals surface area contributed by atoms with Gasteiger partial charge >= 0.3 is 5.97 Å². The van der Waals surface area contributed by atoms with Crippen LogP contribution < -0.4 is 0 Å². The van der Waals surface area contributed by atoms with Crippen LogP contribution in [0.2, 0.25) is 0 Å². The molecule has 0 saturated carbocycles. The Labute approximate surface area is 58.7 Å². The van der Waals surface area contributed by atoms with Gasteiger partial charge in [0, 0.05) is 6.54 Å². The van der Waals surface area contributed by atoms with Crippen LogP contribution in [0.4, 0.5) is 0 Å². The molecule has 1 saturated heterocycles. The molecule has 0 spiro atoms. The number of nitrogens with zero attached hydrogens (tertiary/aromatic N) is 2. The first-order valence-electron chi connectivity index (χ1n) is 3.15. The molecule has 0 aliphatic carbocycles. The van der Waals surface area contributed by atoms with E-state index in [0.29, 0.717) is 13.0 Å². The maximum Gasteiger partial charge on any atom is 0.327 e. The summed E-state index contributed by atoms with van der Waals surface area (Å²) < 4.78 is 0. The lowest BCUT2D eigenvalue weighted by Gasteiger charge is -2.11. The molecular formula is C6H8N2O2. The van der Waals surface area contributed by atoms with Crippen LogP contribution in [0.3, 0.4) is 0 Å². The van der Waals surface area contributed by atoms with Crippen LogP contribution in [-0.4, -0.2) is 28.6 Å². The van der Waals surface area contributed by atoms with Crippen LogP contribution in [0.5, 0.6) is 0 Å². The number of carboxylic acids is 1. The molecule has 1 rings (SSSR count). The largest absolute Gasteiger partial charge is 0.480 e. The van der Waals surface area contributed by atoms with E-state index in [1.807, 2.05) is 6.19 Å². The van der Waals surface area contributed by atoms with E-state index >= 15 is 0 Å². The van der Waals surface area contributed by atoms with Gasteiger partial charge in [-0.1, -0.05) is 0 Å². The van der Waals surface area contributed by atoms with Crippen molar-refractivity contribution >= 4 is 5.97 Å². The maximum absolute atomic E-state index is 10.4. The number of aliphatic carboxylic acids is 1. The average molecular weight is 140 g/mol. The predicted octanol–water partition coefficient (Wildman–Crippen LogP) is 0.0165. The first kappa shape index (κ1) is 6.87. The molecule has 1 unspecified atom stereocenters. The minimum atomic E-state index is -0.890. The zero-order valence-electron chi connectivity index (χ0n) is 5.45. The lowest BCUT2D eigenvalue weighted by atomic mass is 10.2. The third-order valence-electron chi connectivity index (χ3n) is 1.67. The van der Waals surface area contributed by atoms with Crippen molar-refractivity contribution in [1.82, 2.24) is 4.90 Å². The number of carboxylic acid groups (broad SMARTS) is 1. The van der Waals surface area contributed by atoms with Crippen molar-refractivity contribution in [3.63, 3.8) is 0 Å². The second-order valence-corrected chi connectivity index (χ2v) is 2.29. The van der Waals surface area contributed by atoms with E-state index < -0.39 is 12.0 Å². The van der Waals surface area contributed by atoms with Gasteiger partial charge in [0.05, 0.1) is 0 Å². The van der Waals surface area contributed by atoms with Crippen LogP contribution in [0, 0.1) is 11.5 Å². The molecule has 0 bridgehead atoms. The van der Waals surface area contributed by atoms with Crippen LogP contribution in [0.15, 0.2) is 0 Å². The lowest BCUT2D eigenvalue weighted by Crippen LogP contribution is -2.31. The van der Waals surface area contributed by atoms with E-state index in [0.717, 1.165) is 6.42 Å². The fraction of sp³-hybridized carbons (Fsp3) is 0.667. The maximum atomic E-state index is 10.4. The molecule has 1 aliphatic heterocycles. The smallest absolute Gasteiger partial charge is 0.327 e. The summed E-state index contributed by atoms with van der Waals surface area (Å²) in [6.07, 6.45) is 3.26. The van der Waals surface area contributed by atoms with E-state index in [2.05, 4.69) is 0 Å². The summed E-state index contributed by atoms with van der Waals surface area (Å²) in [5, 5.41) is 16.9. The van der Waals surface area contributed by atoms with Gasteiger partial charge in [-0.2, -0.15) is 5.26 Å². The SMILES string of the molecule is N#CN1CCCC1C(=O)O. The molecule has 1 heterocycles. The molecule has 0 aromatic rings. The van der Waals surface area contributed by atoms with Gasteiger partial charge in [-0.15, -0.1) is 0 Å². The molecule has 0 radical (unpaired) electrons. The molecule has 1 atom stereocenters. The zero-order chi connectivity index (χ0) is 7.56. The Morgan fingerprint density at radius 2 is 2.50 bits per heavy atom. The normalized spacial score (nSPS) is 24.3. The second kappa shape index (κ2) is 2.56. The van der Waals surface area contributed by atoms with Crippen molar-refractivity contribution in [1.29, 1.82) is 5.26 Å². The van der Waals surface area contributed by atoms with E-state index in [9.17, 15) is 4.79 Å². The minimum absolute atomic E-state index is 0.565. The highest BCUT2D eigenvalue weighted by Crippen LogP contribution is 2.15. The Hall–Kier alpha value is -1.24. The van der Waals surface area contributed by atoms with Crippen molar-refractivity contribution in [3.8, 4) is 6.19 Å². The van der Waals surface area contributed by atoms with E-state index in [1.54, 1.807) is 0 Å². The summed E-state index contributed by atoms with van der Waals surface area (Å²) in [4.78, 5) is 11.7. The number of rotatable bonds is 1. The van der Waals surface area contributed by atoms with Gasteiger partial charge in [-0.25, -0.2) is 4.79 Å². The van der Waals surface area contributed by atoms with Crippen molar-refractivity contribution in [2.24, 2.45) is 0 Å².